The summed E-state index contributed by atoms with van der Waals surface area (Å²) in [5.74, 6) is -0.397. The van der Waals surface area contributed by atoms with Gasteiger partial charge < -0.3 is 5.11 Å². The number of rotatable bonds is 1. The Hall–Kier alpha value is -2.04. The average molecular weight is 239 g/mol. The third kappa shape index (κ3) is 2.38. The molecule has 1 N–H and O–H groups in total. The number of nitrogens with zero attached hydrogens (tertiary/aromatic N) is 1. The van der Waals surface area contributed by atoms with Crippen LogP contribution in [0, 0.1) is 0 Å². The molecule has 0 atom stereocenters. The Kier molecular flexibility index (Phi) is 2.75. The molecule has 5 heteroatoms. The molecule has 88 valence electrons. The van der Waals surface area contributed by atoms with E-state index in [2.05, 4.69) is 4.98 Å². The molecule has 0 aliphatic carbocycles. The molecular formula is C12H8F3NO. The van der Waals surface area contributed by atoms with Gasteiger partial charge in [-0.25, -0.2) is 0 Å². The smallest absolute Gasteiger partial charge is 0.416 e. The quantitative estimate of drug-likeness (QED) is 0.826. The van der Waals surface area contributed by atoms with Gasteiger partial charge in [-0.1, -0.05) is 6.07 Å². The first kappa shape index (κ1) is 11.4. The van der Waals surface area contributed by atoms with E-state index in [-0.39, 0.29) is 0 Å². The number of benzene rings is 1. The zero-order valence-electron chi connectivity index (χ0n) is 8.57. The summed E-state index contributed by atoms with van der Waals surface area (Å²) in [7, 11) is 0. The normalized spacial score (nSPS) is 11.5. The lowest BCUT2D eigenvalue weighted by atomic mass is 10.0. The maximum atomic E-state index is 12.4. The summed E-state index contributed by atoms with van der Waals surface area (Å²) in [5, 5.41) is 9.59. The molecule has 1 aromatic heterocycles. The molecule has 0 saturated heterocycles. The lowest BCUT2D eigenvalue weighted by Gasteiger charge is -2.09. The van der Waals surface area contributed by atoms with Crippen molar-refractivity contribution >= 4 is 0 Å². The number of hydrogen-bond acceptors (Lipinski definition) is 2. The fourth-order valence-electron chi connectivity index (χ4n) is 1.48. The number of alkyl halides is 3. The highest BCUT2D eigenvalue weighted by molar-refractivity contribution is 5.70. The van der Waals surface area contributed by atoms with Crippen molar-refractivity contribution in [3.8, 4) is 16.9 Å². The van der Waals surface area contributed by atoms with Gasteiger partial charge in [0.15, 0.2) is 0 Å². The Morgan fingerprint density at radius 2 is 1.65 bits per heavy atom. The molecule has 0 bridgehead atoms. The number of phenolic OH excluding ortho intramolecular Hbond substituents is 1. The standard InChI is InChI=1S/C12H8F3NO/c13-12(14,15)9-1-2-10(11(17)7-9)8-3-5-16-6-4-8/h1-7,17H. The highest BCUT2D eigenvalue weighted by Crippen LogP contribution is 2.36. The van der Waals surface area contributed by atoms with Crippen LogP contribution >= 0.6 is 0 Å². The van der Waals surface area contributed by atoms with E-state index in [4.69, 9.17) is 0 Å². The Balaban J connectivity index is 2.46. The Labute approximate surface area is 95.4 Å². The van der Waals surface area contributed by atoms with Crippen molar-refractivity contribution in [3.05, 3.63) is 48.3 Å². The maximum Gasteiger partial charge on any atom is 0.416 e. The molecule has 2 aromatic rings. The summed E-state index contributed by atoms with van der Waals surface area (Å²) < 4.78 is 37.1. The molecule has 0 spiro atoms. The van der Waals surface area contributed by atoms with Gasteiger partial charge in [0.25, 0.3) is 0 Å². The molecule has 17 heavy (non-hydrogen) atoms. The number of phenols is 1. The van der Waals surface area contributed by atoms with Crippen LogP contribution in [-0.4, -0.2) is 10.1 Å². The van der Waals surface area contributed by atoms with Crippen LogP contribution in [0.25, 0.3) is 11.1 Å². The van der Waals surface area contributed by atoms with E-state index < -0.39 is 17.5 Å². The highest BCUT2D eigenvalue weighted by atomic mass is 19.4. The molecule has 0 amide bonds. The third-order valence-electron chi connectivity index (χ3n) is 2.32. The van der Waals surface area contributed by atoms with Crippen LogP contribution in [0.2, 0.25) is 0 Å². The SMILES string of the molecule is Oc1cc(C(F)(F)F)ccc1-c1ccncc1. The van der Waals surface area contributed by atoms with E-state index in [0.717, 1.165) is 12.1 Å². The van der Waals surface area contributed by atoms with E-state index in [9.17, 15) is 18.3 Å². The van der Waals surface area contributed by atoms with E-state index in [1.165, 1.54) is 18.5 Å². The van der Waals surface area contributed by atoms with Crippen LogP contribution in [0.1, 0.15) is 5.56 Å². The molecule has 0 fully saturated rings. The number of hydrogen-bond donors (Lipinski definition) is 1. The van der Waals surface area contributed by atoms with Gasteiger partial charge in [0.05, 0.1) is 5.56 Å². The lowest BCUT2D eigenvalue weighted by molar-refractivity contribution is -0.137. The molecule has 0 unspecified atom stereocenters. The molecule has 2 nitrogen and oxygen atoms in total. The van der Waals surface area contributed by atoms with E-state index >= 15 is 0 Å². The number of halogens is 3. The molecular weight excluding hydrogens is 231 g/mol. The van der Waals surface area contributed by atoms with E-state index in [1.807, 2.05) is 0 Å². The first-order valence-corrected chi connectivity index (χ1v) is 4.79. The Morgan fingerprint density at radius 3 is 2.18 bits per heavy atom. The topological polar surface area (TPSA) is 33.1 Å². The predicted octanol–water partition coefficient (Wildman–Crippen LogP) is 3.47. The number of pyridine rings is 1. The zero-order chi connectivity index (χ0) is 12.5. The summed E-state index contributed by atoms with van der Waals surface area (Å²) in [6.07, 6.45) is -1.44. The Bertz CT molecular complexity index is 523. The van der Waals surface area contributed by atoms with Crippen LogP contribution < -0.4 is 0 Å². The van der Waals surface area contributed by atoms with Gasteiger partial charge >= 0.3 is 6.18 Å². The summed E-state index contributed by atoms with van der Waals surface area (Å²) >= 11 is 0. The van der Waals surface area contributed by atoms with Crippen molar-refractivity contribution < 1.29 is 18.3 Å². The minimum atomic E-state index is -4.45. The van der Waals surface area contributed by atoms with E-state index in [1.54, 1.807) is 12.1 Å². The second-order valence-electron chi connectivity index (χ2n) is 3.47. The van der Waals surface area contributed by atoms with E-state index in [0.29, 0.717) is 11.1 Å². The van der Waals surface area contributed by atoms with Gasteiger partial charge in [0.1, 0.15) is 5.75 Å². The van der Waals surface area contributed by atoms with Crippen LogP contribution in [0.5, 0.6) is 5.75 Å². The second-order valence-corrected chi connectivity index (χ2v) is 3.47. The lowest BCUT2D eigenvalue weighted by Crippen LogP contribution is -2.04. The van der Waals surface area contributed by atoms with Crippen LogP contribution in [-0.2, 0) is 6.18 Å². The average Bonchev–Trinajstić information content (AvgIpc) is 2.29. The minimum Gasteiger partial charge on any atom is -0.507 e. The van der Waals surface area contributed by atoms with Crippen molar-refractivity contribution in [3.63, 3.8) is 0 Å². The summed E-state index contributed by atoms with van der Waals surface area (Å²) in [5.41, 5.74) is 0.0967. The maximum absolute atomic E-state index is 12.4. The Morgan fingerprint density at radius 1 is 1.00 bits per heavy atom. The summed E-state index contributed by atoms with van der Waals surface area (Å²) in [4.78, 5) is 3.80. The fraction of sp³-hybridized carbons (Fsp3) is 0.0833. The first-order chi connectivity index (χ1) is 7.98. The molecule has 0 radical (unpaired) electrons. The number of aromatic nitrogens is 1. The third-order valence-corrected chi connectivity index (χ3v) is 2.32. The van der Waals surface area contributed by atoms with Crippen LogP contribution in [0.3, 0.4) is 0 Å². The van der Waals surface area contributed by atoms with Crippen LogP contribution in [0.15, 0.2) is 42.7 Å². The second kappa shape index (κ2) is 4.08. The first-order valence-electron chi connectivity index (χ1n) is 4.79. The number of aromatic hydroxyl groups is 1. The molecule has 1 heterocycles. The van der Waals surface area contributed by atoms with Crippen LogP contribution in [0.4, 0.5) is 13.2 Å². The summed E-state index contributed by atoms with van der Waals surface area (Å²) in [6.45, 7) is 0. The largest absolute Gasteiger partial charge is 0.507 e. The summed E-state index contributed by atoms with van der Waals surface area (Å²) in [6, 6.07) is 6.13. The molecule has 1 aromatic carbocycles. The molecule has 0 aliphatic rings. The minimum absolute atomic E-state index is 0.348. The fourth-order valence-corrected chi connectivity index (χ4v) is 1.48. The molecule has 0 saturated carbocycles. The monoisotopic (exact) mass is 239 g/mol. The van der Waals surface area contributed by atoms with Gasteiger partial charge in [0.2, 0.25) is 0 Å². The van der Waals surface area contributed by atoms with Gasteiger partial charge in [0, 0.05) is 18.0 Å². The van der Waals surface area contributed by atoms with Crippen molar-refractivity contribution in [2.75, 3.05) is 0 Å². The zero-order valence-corrected chi connectivity index (χ0v) is 8.57. The highest BCUT2D eigenvalue weighted by Gasteiger charge is 2.31. The molecule has 0 aliphatic heterocycles. The van der Waals surface area contributed by atoms with Crippen molar-refractivity contribution in [1.29, 1.82) is 0 Å². The van der Waals surface area contributed by atoms with Gasteiger partial charge in [-0.05, 0) is 29.8 Å². The predicted molar refractivity (Wildman–Crippen MR) is 56.3 cm³/mol. The van der Waals surface area contributed by atoms with Crippen molar-refractivity contribution in [2.24, 2.45) is 0 Å². The van der Waals surface area contributed by atoms with Crippen molar-refractivity contribution in [2.45, 2.75) is 6.18 Å². The van der Waals surface area contributed by atoms with Gasteiger partial charge in [-0.3, -0.25) is 4.98 Å². The van der Waals surface area contributed by atoms with Crippen molar-refractivity contribution in [1.82, 2.24) is 4.98 Å². The molecule has 2 rings (SSSR count). The van der Waals surface area contributed by atoms with Gasteiger partial charge in [-0.15, -0.1) is 0 Å². The van der Waals surface area contributed by atoms with Gasteiger partial charge in [-0.2, -0.15) is 13.2 Å².